The number of hydrogen-bond acceptors (Lipinski definition) is 5. The number of hydrogen-bond donors (Lipinski definition) is 1. The summed E-state index contributed by atoms with van der Waals surface area (Å²) in [7, 11) is 0. The Morgan fingerprint density at radius 1 is 1.24 bits per heavy atom. The SMILES string of the molecule is O=C(NC(c1cccnc1)C1CCOCC1)c1noc2c1CCCC2. The highest BCUT2D eigenvalue weighted by molar-refractivity contribution is 5.94. The Balaban J connectivity index is 1.57. The van der Waals surface area contributed by atoms with Crippen LogP contribution < -0.4 is 5.32 Å². The summed E-state index contributed by atoms with van der Waals surface area (Å²) in [6.07, 6.45) is 9.37. The van der Waals surface area contributed by atoms with Crippen molar-refractivity contribution in [3.63, 3.8) is 0 Å². The highest BCUT2D eigenvalue weighted by Gasteiger charge is 2.30. The van der Waals surface area contributed by atoms with Crippen LogP contribution in [0.3, 0.4) is 0 Å². The van der Waals surface area contributed by atoms with Gasteiger partial charge in [-0.05, 0) is 49.7 Å². The molecule has 6 nitrogen and oxygen atoms in total. The van der Waals surface area contributed by atoms with E-state index in [1.165, 1.54) is 0 Å². The van der Waals surface area contributed by atoms with Crippen molar-refractivity contribution >= 4 is 5.91 Å². The first-order valence-corrected chi connectivity index (χ1v) is 9.09. The molecule has 2 aromatic heterocycles. The molecule has 1 saturated heterocycles. The van der Waals surface area contributed by atoms with Crippen LogP contribution in [0, 0.1) is 5.92 Å². The number of fused-ring (bicyclic) bond motifs is 1. The second-order valence-electron chi connectivity index (χ2n) is 6.83. The lowest BCUT2D eigenvalue weighted by Crippen LogP contribution is -2.36. The number of amides is 1. The van der Waals surface area contributed by atoms with Gasteiger partial charge in [-0.1, -0.05) is 11.2 Å². The van der Waals surface area contributed by atoms with Gasteiger partial charge in [0.1, 0.15) is 5.76 Å². The first-order valence-electron chi connectivity index (χ1n) is 9.09. The van der Waals surface area contributed by atoms with Crippen molar-refractivity contribution in [1.82, 2.24) is 15.5 Å². The lowest BCUT2D eigenvalue weighted by molar-refractivity contribution is 0.0512. The average molecular weight is 341 g/mol. The molecule has 1 aliphatic carbocycles. The normalized spacial score (nSPS) is 19.2. The Kier molecular flexibility index (Phi) is 4.78. The van der Waals surface area contributed by atoms with Crippen LogP contribution in [0.4, 0.5) is 0 Å². The predicted octanol–water partition coefficient (Wildman–Crippen LogP) is 2.85. The second-order valence-corrected chi connectivity index (χ2v) is 6.83. The molecule has 1 unspecified atom stereocenters. The van der Waals surface area contributed by atoms with E-state index in [9.17, 15) is 4.79 Å². The minimum atomic E-state index is -0.146. The summed E-state index contributed by atoms with van der Waals surface area (Å²) < 4.78 is 10.9. The summed E-state index contributed by atoms with van der Waals surface area (Å²) in [5.41, 5.74) is 2.47. The van der Waals surface area contributed by atoms with Crippen LogP contribution in [0.25, 0.3) is 0 Å². The first kappa shape index (κ1) is 16.3. The van der Waals surface area contributed by atoms with Gasteiger partial charge in [-0.3, -0.25) is 9.78 Å². The number of nitrogens with one attached hydrogen (secondary N) is 1. The quantitative estimate of drug-likeness (QED) is 0.925. The fraction of sp³-hybridized carbons (Fsp3) is 0.526. The number of carbonyl (C=O) groups is 1. The van der Waals surface area contributed by atoms with Crippen molar-refractivity contribution in [3.8, 4) is 0 Å². The van der Waals surface area contributed by atoms with Gasteiger partial charge in [0.25, 0.3) is 5.91 Å². The van der Waals surface area contributed by atoms with Gasteiger partial charge in [0.2, 0.25) is 0 Å². The second kappa shape index (κ2) is 7.35. The maximum Gasteiger partial charge on any atom is 0.274 e. The van der Waals surface area contributed by atoms with E-state index in [1.54, 1.807) is 6.20 Å². The Hall–Kier alpha value is -2.21. The number of aromatic nitrogens is 2. The minimum Gasteiger partial charge on any atom is -0.381 e. The summed E-state index contributed by atoms with van der Waals surface area (Å²) in [5, 5.41) is 7.26. The molecule has 4 rings (SSSR count). The van der Waals surface area contributed by atoms with Gasteiger partial charge in [-0.25, -0.2) is 0 Å². The Bertz CT molecular complexity index is 723. The zero-order valence-electron chi connectivity index (χ0n) is 14.2. The van der Waals surface area contributed by atoms with Gasteiger partial charge in [0.15, 0.2) is 5.69 Å². The summed E-state index contributed by atoms with van der Waals surface area (Å²) in [4.78, 5) is 17.1. The topological polar surface area (TPSA) is 77.2 Å². The van der Waals surface area contributed by atoms with Gasteiger partial charge in [-0.2, -0.15) is 0 Å². The predicted molar refractivity (Wildman–Crippen MR) is 91.1 cm³/mol. The lowest BCUT2D eigenvalue weighted by atomic mass is 9.87. The maximum absolute atomic E-state index is 12.9. The fourth-order valence-corrected chi connectivity index (χ4v) is 3.86. The van der Waals surface area contributed by atoms with Crippen molar-refractivity contribution in [2.24, 2.45) is 5.92 Å². The molecule has 1 aliphatic heterocycles. The molecule has 0 radical (unpaired) electrons. The van der Waals surface area contributed by atoms with E-state index in [1.807, 2.05) is 18.3 Å². The van der Waals surface area contributed by atoms with Gasteiger partial charge in [0.05, 0.1) is 6.04 Å². The molecule has 0 spiro atoms. The molecule has 0 bridgehead atoms. The van der Waals surface area contributed by atoms with Crippen LogP contribution in [-0.4, -0.2) is 29.3 Å². The minimum absolute atomic E-state index is 0.0824. The van der Waals surface area contributed by atoms with E-state index in [4.69, 9.17) is 9.26 Å². The third-order valence-corrected chi connectivity index (χ3v) is 5.23. The van der Waals surface area contributed by atoms with Crippen molar-refractivity contribution < 1.29 is 14.1 Å². The monoisotopic (exact) mass is 341 g/mol. The molecule has 2 aromatic rings. The molecular weight excluding hydrogens is 318 g/mol. The third-order valence-electron chi connectivity index (χ3n) is 5.23. The molecule has 0 saturated carbocycles. The zero-order valence-corrected chi connectivity index (χ0v) is 14.2. The van der Waals surface area contributed by atoms with Crippen LogP contribution in [0.15, 0.2) is 29.0 Å². The van der Waals surface area contributed by atoms with Crippen LogP contribution in [0.2, 0.25) is 0 Å². The molecule has 1 fully saturated rings. The highest BCUT2D eigenvalue weighted by atomic mass is 16.5. The van der Waals surface area contributed by atoms with Gasteiger partial charge >= 0.3 is 0 Å². The average Bonchev–Trinajstić information content (AvgIpc) is 3.11. The van der Waals surface area contributed by atoms with Crippen LogP contribution in [-0.2, 0) is 17.6 Å². The van der Waals surface area contributed by atoms with E-state index in [2.05, 4.69) is 15.5 Å². The zero-order chi connectivity index (χ0) is 17.1. The standard InChI is InChI=1S/C19H23N3O3/c23-19(18-15-5-1-2-6-16(15)25-22-18)21-17(13-7-10-24-11-8-13)14-4-3-9-20-12-14/h3-4,9,12-13,17H,1-2,5-8,10-11H2,(H,21,23). The number of aryl methyl sites for hydroxylation is 1. The highest BCUT2D eigenvalue weighted by Crippen LogP contribution is 2.31. The molecule has 1 atom stereocenters. The smallest absolute Gasteiger partial charge is 0.274 e. The number of pyridine rings is 1. The van der Waals surface area contributed by atoms with E-state index < -0.39 is 0 Å². The maximum atomic E-state index is 12.9. The van der Waals surface area contributed by atoms with Crippen molar-refractivity contribution in [2.45, 2.75) is 44.6 Å². The van der Waals surface area contributed by atoms with Crippen LogP contribution in [0.1, 0.15) is 59.1 Å². The molecule has 6 heteroatoms. The van der Waals surface area contributed by atoms with E-state index in [0.29, 0.717) is 11.6 Å². The number of ether oxygens (including phenoxy) is 1. The van der Waals surface area contributed by atoms with Gasteiger partial charge in [0, 0.05) is 37.6 Å². The van der Waals surface area contributed by atoms with Crippen molar-refractivity contribution in [3.05, 3.63) is 47.1 Å². The van der Waals surface area contributed by atoms with E-state index in [0.717, 1.165) is 68.6 Å². The summed E-state index contributed by atoms with van der Waals surface area (Å²) >= 11 is 0. The first-order chi connectivity index (χ1) is 12.3. The molecule has 0 aromatic carbocycles. The number of carbonyl (C=O) groups excluding carboxylic acids is 1. The lowest BCUT2D eigenvalue weighted by Gasteiger charge is -2.31. The van der Waals surface area contributed by atoms with E-state index in [-0.39, 0.29) is 11.9 Å². The van der Waals surface area contributed by atoms with Gasteiger partial charge in [-0.15, -0.1) is 0 Å². The van der Waals surface area contributed by atoms with Gasteiger partial charge < -0.3 is 14.6 Å². The molecule has 1 N–H and O–H groups in total. The fourth-order valence-electron chi connectivity index (χ4n) is 3.86. The van der Waals surface area contributed by atoms with Crippen molar-refractivity contribution in [2.75, 3.05) is 13.2 Å². The Morgan fingerprint density at radius 3 is 2.88 bits per heavy atom. The van der Waals surface area contributed by atoms with Crippen LogP contribution in [0.5, 0.6) is 0 Å². The molecule has 132 valence electrons. The summed E-state index contributed by atoms with van der Waals surface area (Å²) in [6, 6.07) is 3.85. The molecular formula is C19H23N3O3. The Morgan fingerprint density at radius 2 is 2.08 bits per heavy atom. The van der Waals surface area contributed by atoms with E-state index >= 15 is 0 Å². The Labute approximate surface area is 147 Å². The van der Waals surface area contributed by atoms with Crippen molar-refractivity contribution in [1.29, 1.82) is 0 Å². The molecule has 1 amide bonds. The number of nitrogens with zero attached hydrogens (tertiary/aromatic N) is 2. The molecule has 2 aliphatic rings. The van der Waals surface area contributed by atoms with Crippen LogP contribution >= 0.6 is 0 Å². The summed E-state index contributed by atoms with van der Waals surface area (Å²) in [5.74, 6) is 1.07. The third kappa shape index (κ3) is 3.44. The summed E-state index contributed by atoms with van der Waals surface area (Å²) in [6.45, 7) is 1.47. The number of rotatable bonds is 4. The molecule has 25 heavy (non-hydrogen) atoms. The largest absolute Gasteiger partial charge is 0.381 e. The molecule has 3 heterocycles.